The van der Waals surface area contributed by atoms with Crippen LogP contribution in [-0.4, -0.2) is 50.4 Å². The van der Waals surface area contributed by atoms with Gasteiger partial charge in [-0.2, -0.15) is 0 Å². The zero-order valence-electron chi connectivity index (χ0n) is 7.66. The minimum absolute atomic E-state index is 0. The van der Waals surface area contributed by atoms with E-state index in [1.165, 1.54) is 55.2 Å². The number of rotatable bonds is 7. The summed E-state index contributed by atoms with van der Waals surface area (Å²) in [6, 6.07) is 0. The molecule has 0 aliphatic heterocycles. The molecule has 0 radical (unpaired) electrons. The van der Waals surface area contributed by atoms with Gasteiger partial charge in [0.15, 0.2) is 0 Å². The summed E-state index contributed by atoms with van der Waals surface area (Å²) < 4.78 is 0. The first-order chi connectivity index (χ1) is 4.91. The molecule has 0 nitrogen and oxygen atoms in total. The van der Waals surface area contributed by atoms with Crippen LogP contribution in [0.1, 0.15) is 24.0 Å². The molecule has 0 N–H and O–H groups in total. The molecular formula is C3H39B7. The molecule has 0 saturated carbocycles. The van der Waals surface area contributed by atoms with Gasteiger partial charge in [0, 0.05) is 45.4 Å². The van der Waals surface area contributed by atoms with Crippen molar-refractivity contribution in [3.8, 4) is 0 Å². The Kier molecular flexibility index (Phi) is 9.88. The zero-order chi connectivity index (χ0) is 7.66. The lowest BCUT2D eigenvalue weighted by atomic mass is 8.98. The molecule has 0 aromatic rings. The van der Waals surface area contributed by atoms with Crippen LogP contribution in [0.15, 0.2) is 0 Å². The quantitative estimate of drug-likeness (QED) is 0.342. The lowest BCUT2D eigenvalue weighted by Crippen LogP contribution is -2.23. The van der Waals surface area contributed by atoms with Crippen molar-refractivity contribution in [1.82, 2.24) is 0 Å². The van der Waals surface area contributed by atoms with Crippen LogP contribution in [-0.2, 0) is 0 Å². The molecule has 7 heteroatoms. The first-order valence-electron chi connectivity index (χ1n) is 4.91. The van der Waals surface area contributed by atoms with Gasteiger partial charge >= 0.3 is 0 Å². The van der Waals surface area contributed by atoms with Crippen molar-refractivity contribution in [2.24, 2.45) is 0 Å². The molecule has 0 saturated heterocycles. The normalized spacial score (nSPS) is 7.70. The second-order valence-electron chi connectivity index (χ2n) is 3.12. The van der Waals surface area contributed by atoms with Gasteiger partial charge in [0.1, 0.15) is 7.28 Å². The van der Waals surface area contributed by atoms with Gasteiger partial charge in [-0.05, 0) is 0 Å². The molecule has 0 heterocycles. The fourth-order valence-electron chi connectivity index (χ4n) is 1.21. The van der Waals surface area contributed by atoms with E-state index in [2.05, 4.69) is 14.7 Å². The molecule has 0 bridgehead atoms. The van der Waals surface area contributed by atoms with Crippen molar-refractivity contribution in [2.45, 2.75) is 19.5 Å². The lowest BCUT2D eigenvalue weighted by molar-refractivity contribution is 1.45. The third-order valence-electron chi connectivity index (χ3n) is 1.96. The first-order valence-corrected chi connectivity index (χ1v) is 4.91. The van der Waals surface area contributed by atoms with E-state index in [0.29, 0.717) is 0 Å². The second kappa shape index (κ2) is 9.45. The van der Waals surface area contributed by atoms with E-state index < -0.39 is 0 Å². The van der Waals surface area contributed by atoms with Gasteiger partial charge in [-0.3, -0.25) is 0 Å². The maximum absolute atomic E-state index is 2.27. The van der Waals surface area contributed by atoms with E-state index in [9.17, 15) is 0 Å². The Labute approximate surface area is 88.3 Å². The van der Waals surface area contributed by atoms with Gasteiger partial charge in [-0.1, -0.05) is 13.2 Å². The molecule has 0 amide bonds. The molecule has 0 aliphatic rings. The van der Waals surface area contributed by atoms with Gasteiger partial charge < -0.3 is 0 Å². The molecule has 0 aromatic carbocycles. The fourth-order valence-corrected chi connectivity index (χ4v) is 1.21. The average molecular weight is 151 g/mol. The molecule has 0 aliphatic carbocycles. The summed E-state index contributed by atoms with van der Waals surface area (Å²) in [4.78, 5) is 0. The molecule has 0 aromatic heterocycles. The van der Waals surface area contributed by atoms with Crippen molar-refractivity contribution in [2.75, 3.05) is 0 Å². The van der Waals surface area contributed by atoms with Crippen LogP contribution in [0.25, 0.3) is 0 Å². The van der Waals surface area contributed by atoms with Crippen LogP contribution >= 0.6 is 0 Å². The van der Waals surface area contributed by atoms with Gasteiger partial charge in [0.2, 0.25) is 0 Å². The van der Waals surface area contributed by atoms with E-state index in [1.54, 1.807) is 0 Å². The van der Waals surface area contributed by atoms with Crippen molar-refractivity contribution in [3.63, 3.8) is 0 Å². The van der Waals surface area contributed by atoms with E-state index >= 15 is 0 Å². The third-order valence-corrected chi connectivity index (χ3v) is 1.96. The highest BCUT2D eigenvalue weighted by Gasteiger charge is 1.95. The third kappa shape index (κ3) is 8.45. The zero-order valence-corrected chi connectivity index (χ0v) is 7.66. The van der Waals surface area contributed by atoms with E-state index in [1.807, 2.05) is 0 Å². The summed E-state index contributed by atoms with van der Waals surface area (Å²) in [6.45, 7) is 2.27. The largest absolute Gasteiger partial charge is 0.112 e. The van der Waals surface area contributed by atoms with Gasteiger partial charge in [-0.25, -0.2) is 0 Å². The summed E-state index contributed by atoms with van der Waals surface area (Å²) in [5.41, 5.74) is 0. The van der Waals surface area contributed by atoms with Crippen LogP contribution in [0, 0.1) is 0 Å². The Hall–Kier alpha value is 0.455. The van der Waals surface area contributed by atoms with E-state index in [-0.39, 0.29) is 17.1 Å². The topological polar surface area (TPSA) is 0 Å². The highest BCUT2D eigenvalue weighted by Crippen LogP contribution is 1.78. The van der Waals surface area contributed by atoms with Crippen molar-refractivity contribution >= 4 is 50.4 Å². The van der Waals surface area contributed by atoms with Gasteiger partial charge in [0.25, 0.3) is 0 Å². The molecule has 72 valence electrons. The Bertz CT molecular complexity index is 70.7. The SMILES string of the molecule is BBBBBBCBCC.[HH].[HH].[HH].[HH].[HH].[HH].[HH].[HH].[HH].[HH].[HH].[HH]. The summed E-state index contributed by atoms with van der Waals surface area (Å²) in [5, 5.41) is 0. The minimum Gasteiger partial charge on any atom is -0.108 e. The van der Waals surface area contributed by atoms with Gasteiger partial charge in [-0.15, -0.1) is 6.22 Å². The maximum atomic E-state index is 2.27. The predicted octanol–water partition coefficient (Wildman–Crippen LogP) is -0.420. The van der Waals surface area contributed by atoms with E-state index in [0.717, 1.165) is 0 Å². The second-order valence-corrected chi connectivity index (χ2v) is 3.12. The Morgan fingerprint density at radius 1 is 1.30 bits per heavy atom. The Morgan fingerprint density at radius 2 is 2.10 bits per heavy atom. The maximum Gasteiger partial charge on any atom is 0.112 e. The smallest absolute Gasteiger partial charge is 0.108 e. The van der Waals surface area contributed by atoms with Gasteiger partial charge in [0.05, 0.1) is 14.9 Å². The highest BCUT2D eigenvalue weighted by molar-refractivity contribution is 7.57. The average Bonchev–Trinajstić information content (AvgIpc) is 1.97. The predicted molar refractivity (Wildman–Crippen MR) is 92.1 cm³/mol. The monoisotopic (exact) mass is 152 g/mol. The lowest BCUT2D eigenvalue weighted by Gasteiger charge is -1.90. The molecule has 0 atom stereocenters. The van der Waals surface area contributed by atoms with Crippen molar-refractivity contribution < 1.29 is 17.1 Å². The molecule has 0 rings (SSSR count). The van der Waals surface area contributed by atoms with Crippen LogP contribution in [0.5, 0.6) is 0 Å². The summed E-state index contributed by atoms with van der Waals surface area (Å²) >= 11 is 0. The molecular weight excluding hydrogens is 112 g/mol. The summed E-state index contributed by atoms with van der Waals surface area (Å²) in [7, 11) is 10.9. The Balaban J connectivity index is -0.00000000614. The van der Waals surface area contributed by atoms with Crippen LogP contribution in [0.2, 0.25) is 12.5 Å². The standard InChI is InChI=1S/C3H15B7.12H2/c1-2-5-3-6-8-10-9-7-4;;;;;;;;;;;;/h5-10H,2-4H2,1H3;12*1H. The number of hydrogen-bond acceptors (Lipinski definition) is 0. The Morgan fingerprint density at radius 3 is 2.70 bits per heavy atom. The molecule has 0 fully saturated rings. The fraction of sp³-hybridized carbons (Fsp3) is 1.00. The van der Waals surface area contributed by atoms with Crippen molar-refractivity contribution in [1.29, 1.82) is 0 Å². The molecule has 0 spiro atoms. The summed E-state index contributed by atoms with van der Waals surface area (Å²) in [5.74, 6) is 0. The van der Waals surface area contributed by atoms with Crippen LogP contribution in [0.3, 0.4) is 0 Å². The first kappa shape index (κ1) is 10.5. The minimum atomic E-state index is 0. The van der Waals surface area contributed by atoms with Crippen LogP contribution < -0.4 is 0 Å². The van der Waals surface area contributed by atoms with Crippen molar-refractivity contribution in [3.05, 3.63) is 0 Å². The summed E-state index contributed by atoms with van der Waals surface area (Å²) in [6.07, 6.45) is 2.83. The molecule has 10 heavy (non-hydrogen) atoms. The number of hydrogen-bond donors (Lipinski definition) is 0. The van der Waals surface area contributed by atoms with E-state index in [4.69, 9.17) is 0 Å². The highest BCUT2D eigenvalue weighted by atomic mass is 13.4. The van der Waals surface area contributed by atoms with Crippen LogP contribution in [0.4, 0.5) is 0 Å². The molecule has 0 unspecified atom stereocenters.